The van der Waals surface area contributed by atoms with E-state index in [-0.39, 0.29) is 39.7 Å². The number of nitrogens with zero attached hydrogens (tertiary/aromatic N) is 9. The summed E-state index contributed by atoms with van der Waals surface area (Å²) in [5.41, 5.74) is 19.4. The molecule has 0 fully saturated rings. The minimum Gasteiger partial charge on any atom is -0.461 e. The van der Waals surface area contributed by atoms with E-state index in [1.807, 2.05) is 72.8 Å². The van der Waals surface area contributed by atoms with Crippen molar-refractivity contribution in [2.24, 2.45) is 5.11 Å². The average Bonchev–Trinajstić information content (AvgIpc) is 2.23. The Kier molecular flexibility index (Phi) is 32.9. The second-order valence-electron chi connectivity index (χ2n) is 26.2. The van der Waals surface area contributed by atoms with Crippen LogP contribution in [-0.2, 0) is 87.2 Å². The number of halogens is 2. The van der Waals surface area contributed by atoms with E-state index < -0.39 is 36.9 Å². The molecule has 2 heterocycles. The number of aromatic nitrogens is 6. The van der Waals surface area contributed by atoms with E-state index >= 15 is 0 Å². The molecular formula is C68H99Cl2N9O9Si3. The van der Waals surface area contributed by atoms with Gasteiger partial charge in [0, 0.05) is 16.7 Å². The van der Waals surface area contributed by atoms with Crippen molar-refractivity contribution < 1.29 is 42.6 Å². The number of benzene rings is 5. The molecule has 23 heteroatoms. The summed E-state index contributed by atoms with van der Waals surface area (Å²) >= 11 is 11.3. The van der Waals surface area contributed by atoms with E-state index in [9.17, 15) is 9.59 Å². The van der Waals surface area contributed by atoms with Gasteiger partial charge in [-0.1, -0.05) is 199 Å². The summed E-state index contributed by atoms with van der Waals surface area (Å²) in [4.78, 5) is 25.8. The quantitative estimate of drug-likeness (QED) is 0.0152. The predicted molar refractivity (Wildman–Crippen MR) is 372 cm³/mol. The smallest absolute Gasteiger partial charge is 0.360 e. The summed E-state index contributed by atoms with van der Waals surface area (Å²) in [5.74, 6) is 0.191. The SMILES string of the molecule is CC(C)(C)[Si](C)(C)OCc1ccc(CCl)cc1.CC(C)(C)[Si](C)(C)OCc1ccc(CN=[N+]=[N-])cc1.CCOC(=O)c1cn(Cc2ccc(CO)cc2)nn1.CCOC(=O)c1cn(Cc2ccc(CO[Si](C)(C)C(C)(C)C)cc2)nn1.OCc1ccc(CCl)cc1. The van der Waals surface area contributed by atoms with Crippen LogP contribution in [0, 0.1) is 0 Å². The first-order chi connectivity index (χ1) is 42.7. The summed E-state index contributed by atoms with van der Waals surface area (Å²) in [6.07, 6.45) is 3.16. The summed E-state index contributed by atoms with van der Waals surface area (Å²) < 4.78 is 31.5. The summed E-state index contributed by atoms with van der Waals surface area (Å²) in [6, 6.07) is 39.7. The molecule has 0 saturated heterocycles. The van der Waals surface area contributed by atoms with E-state index in [2.05, 4.69) is 181 Å². The Labute approximate surface area is 554 Å². The lowest BCUT2D eigenvalue weighted by Crippen LogP contribution is -2.40. The predicted octanol–water partition coefficient (Wildman–Crippen LogP) is 16.9. The van der Waals surface area contributed by atoms with Crippen LogP contribution in [-0.4, -0.2) is 90.3 Å². The van der Waals surface area contributed by atoms with Crippen LogP contribution in [0.3, 0.4) is 0 Å². The number of ether oxygens (including phenoxy) is 2. The standard InChI is InChI=1S/C19H29N3O3Si.C14H23ClOSi.C14H23N3OSi.C13H15N3O3.C8H9ClO/c1-7-24-18(23)17-13-22(21-20-17)12-15-8-10-16(11-9-15)14-25-26(5,6)19(2,3)4;1-14(2,3)17(4,5)16-11-13-8-6-12(10-15)7-9-13;1-14(2,3)19(4,5)18-11-13-8-6-12(7-9-13)10-16-17-15;1-2-19-13(18)12-8-16(15-14-12)7-10-3-5-11(9-17)6-4-10;9-5-7-1-3-8(6-10)4-2-7/h8-11,13H,7,12,14H2,1-6H3;6-9H,10-11H2,1-5H3;6-9H,10-11H2,1-5H3;3-6,8,17H,2,7,9H2,1H3;1-4,10H,5-6H2. The van der Waals surface area contributed by atoms with Crippen molar-refractivity contribution in [2.45, 2.75) is 195 Å². The number of hydrogen-bond acceptors (Lipinski definition) is 14. The zero-order valence-corrected chi connectivity index (χ0v) is 61.2. The number of alkyl halides is 2. The molecule has 5 aromatic carbocycles. The first-order valence-corrected chi connectivity index (χ1v) is 40.3. The molecule has 7 rings (SSSR count). The summed E-state index contributed by atoms with van der Waals surface area (Å²) in [7, 11) is -5.07. The highest BCUT2D eigenvalue weighted by Gasteiger charge is 2.39. The van der Waals surface area contributed by atoms with Crippen LogP contribution in [0.2, 0.25) is 54.4 Å². The lowest BCUT2D eigenvalue weighted by atomic mass is 10.1. The molecule has 0 amide bonds. The number of hydrogen-bond donors (Lipinski definition) is 2. The number of esters is 2. The molecule has 2 N–H and O–H groups in total. The molecule has 0 unspecified atom stereocenters. The van der Waals surface area contributed by atoms with Gasteiger partial charge in [0.05, 0.1) is 78.3 Å². The first kappa shape index (κ1) is 78.9. The molecule has 7 aromatic rings. The maximum absolute atomic E-state index is 11.6. The Hall–Kier alpha value is -6.34. The van der Waals surface area contributed by atoms with Gasteiger partial charge in [-0.15, -0.1) is 33.4 Å². The van der Waals surface area contributed by atoms with E-state index in [0.29, 0.717) is 64.4 Å². The van der Waals surface area contributed by atoms with Gasteiger partial charge < -0.3 is 33.0 Å². The Morgan fingerprint density at radius 3 is 0.989 bits per heavy atom. The molecule has 0 aliphatic heterocycles. The number of rotatable bonds is 23. The number of aliphatic hydroxyl groups is 2. The van der Waals surface area contributed by atoms with Gasteiger partial charge in [0.15, 0.2) is 36.3 Å². The van der Waals surface area contributed by atoms with Gasteiger partial charge in [-0.3, -0.25) is 0 Å². The highest BCUT2D eigenvalue weighted by atomic mass is 35.5. The zero-order valence-electron chi connectivity index (χ0n) is 56.7. The van der Waals surface area contributed by atoms with Crippen molar-refractivity contribution in [2.75, 3.05) is 13.2 Å². The molecule has 0 atom stereocenters. The van der Waals surface area contributed by atoms with Crippen LogP contribution in [0.5, 0.6) is 0 Å². The third-order valence-corrected chi connectivity index (χ3v) is 30.1. The Morgan fingerprint density at radius 1 is 0.473 bits per heavy atom. The highest BCUT2D eigenvalue weighted by molar-refractivity contribution is 6.74. The van der Waals surface area contributed by atoms with Crippen LogP contribution in [0.15, 0.2) is 139 Å². The van der Waals surface area contributed by atoms with Gasteiger partial charge in [0.2, 0.25) is 0 Å². The second kappa shape index (κ2) is 38.0. The second-order valence-corrected chi connectivity index (χ2v) is 41.2. The number of carbonyl (C=O) groups excluding carboxylic acids is 2. The van der Waals surface area contributed by atoms with E-state index in [4.69, 9.17) is 61.7 Å². The molecular weight excluding hydrogens is 1240 g/mol. The average molecular weight is 1340 g/mol. The van der Waals surface area contributed by atoms with Crippen LogP contribution >= 0.6 is 23.2 Å². The van der Waals surface area contributed by atoms with Gasteiger partial charge >= 0.3 is 11.9 Å². The molecule has 0 saturated carbocycles. The van der Waals surface area contributed by atoms with Crippen LogP contribution < -0.4 is 0 Å². The van der Waals surface area contributed by atoms with Crippen molar-refractivity contribution in [3.8, 4) is 0 Å². The number of carbonyl (C=O) groups is 2. The van der Waals surface area contributed by atoms with Crippen molar-refractivity contribution in [3.63, 3.8) is 0 Å². The van der Waals surface area contributed by atoms with E-state index in [1.54, 1.807) is 35.6 Å². The lowest BCUT2D eigenvalue weighted by molar-refractivity contribution is 0.0510. The fourth-order valence-corrected chi connectivity index (χ4v) is 10.2. The largest absolute Gasteiger partial charge is 0.461 e. The number of azide groups is 1. The molecule has 18 nitrogen and oxygen atoms in total. The maximum Gasteiger partial charge on any atom is 0.360 e. The van der Waals surface area contributed by atoms with E-state index in [1.165, 1.54) is 5.56 Å². The Bertz CT molecular complexity index is 3260. The normalized spacial score (nSPS) is 11.7. The lowest BCUT2D eigenvalue weighted by Gasteiger charge is -2.36. The molecule has 0 radical (unpaired) electrons. The van der Waals surface area contributed by atoms with Gasteiger partial charge in [-0.05, 0) is 129 Å². The highest BCUT2D eigenvalue weighted by Crippen LogP contribution is 2.39. The van der Waals surface area contributed by atoms with Gasteiger partial charge in [-0.25, -0.2) is 19.0 Å². The van der Waals surface area contributed by atoms with Crippen molar-refractivity contribution in [1.29, 1.82) is 0 Å². The van der Waals surface area contributed by atoms with Crippen LogP contribution in [0.4, 0.5) is 0 Å². The molecule has 0 bridgehead atoms. The zero-order chi connectivity index (χ0) is 68.1. The fraction of sp³-hybridized carbons (Fsp3) is 0.471. The van der Waals surface area contributed by atoms with Gasteiger partial charge in [0.25, 0.3) is 0 Å². The monoisotopic (exact) mass is 1340 g/mol. The summed E-state index contributed by atoms with van der Waals surface area (Å²) in [5, 5.41) is 37.3. The van der Waals surface area contributed by atoms with Crippen LogP contribution in [0.25, 0.3) is 10.4 Å². The van der Waals surface area contributed by atoms with Gasteiger partial charge in [-0.2, -0.15) is 0 Å². The fourth-order valence-electron chi connectivity index (χ4n) is 6.97. The molecule has 91 heavy (non-hydrogen) atoms. The number of aliphatic hydroxyl groups excluding tert-OH is 2. The molecule has 496 valence electrons. The summed E-state index contributed by atoms with van der Waals surface area (Å²) in [6.45, 7) is 41.5. The minimum atomic E-state index is -1.74. The Morgan fingerprint density at radius 2 is 0.736 bits per heavy atom. The maximum atomic E-state index is 11.6. The van der Waals surface area contributed by atoms with E-state index in [0.717, 1.165) is 50.1 Å². The third-order valence-electron chi connectivity index (χ3n) is 16.1. The topological polar surface area (TPSA) is 231 Å². The van der Waals surface area contributed by atoms with Gasteiger partial charge in [0.1, 0.15) is 0 Å². The molecule has 0 aliphatic rings. The molecule has 2 aromatic heterocycles. The van der Waals surface area contributed by atoms with Crippen molar-refractivity contribution in [1.82, 2.24) is 30.0 Å². The molecule has 0 aliphatic carbocycles. The third kappa shape index (κ3) is 28.2. The minimum absolute atomic E-state index is 0.0244. The van der Waals surface area contributed by atoms with Crippen LogP contribution in [0.1, 0.15) is 153 Å². The van der Waals surface area contributed by atoms with Crippen molar-refractivity contribution >= 4 is 60.1 Å². The molecule has 0 spiro atoms. The Balaban J connectivity index is 0.000000305. The first-order valence-electron chi connectivity index (χ1n) is 30.5. The van der Waals surface area contributed by atoms with Crippen molar-refractivity contribution in [3.05, 3.63) is 211 Å².